The highest BCUT2D eigenvalue weighted by Crippen LogP contribution is 2.41. The van der Waals surface area contributed by atoms with E-state index in [1.807, 2.05) is 0 Å². The summed E-state index contributed by atoms with van der Waals surface area (Å²) in [6.45, 7) is 0. The smallest absolute Gasteiger partial charge is 0.277 e. The summed E-state index contributed by atoms with van der Waals surface area (Å²) >= 11 is 1.08. The van der Waals surface area contributed by atoms with E-state index >= 15 is 0 Å². The molecule has 10 heteroatoms. The average Bonchev–Trinajstić information content (AvgIpc) is 3.22. The fourth-order valence-corrected chi connectivity index (χ4v) is 3.01. The van der Waals surface area contributed by atoms with Crippen LogP contribution in [0.5, 0.6) is 17.2 Å². The van der Waals surface area contributed by atoms with Gasteiger partial charge in [0.2, 0.25) is 17.5 Å². The van der Waals surface area contributed by atoms with Crippen LogP contribution in [0.2, 0.25) is 0 Å². The maximum Gasteiger partial charge on any atom is 0.277 e. The van der Waals surface area contributed by atoms with Gasteiger partial charge >= 0.3 is 0 Å². The molecule has 0 aliphatic rings. The lowest BCUT2D eigenvalue weighted by Crippen LogP contribution is -2.13. The predicted octanol–water partition coefficient (Wildman–Crippen LogP) is 3.63. The molecular formula is C19H18FN3O5S. The van der Waals surface area contributed by atoms with Crippen molar-refractivity contribution in [3.05, 3.63) is 42.2 Å². The molecule has 0 radical (unpaired) electrons. The number of carbonyl (C=O) groups excluding carboxylic acids is 1. The Labute approximate surface area is 170 Å². The minimum absolute atomic E-state index is 0.0499. The van der Waals surface area contributed by atoms with E-state index < -0.39 is 0 Å². The number of thioether (sulfide) groups is 1. The fourth-order valence-electron chi connectivity index (χ4n) is 2.45. The van der Waals surface area contributed by atoms with Crippen molar-refractivity contribution < 1.29 is 27.8 Å². The summed E-state index contributed by atoms with van der Waals surface area (Å²) in [5.41, 5.74) is 1.08. The first-order valence-electron chi connectivity index (χ1n) is 8.36. The molecule has 2 aromatic carbocycles. The summed E-state index contributed by atoms with van der Waals surface area (Å²) in [5.74, 6) is 0.988. The maximum absolute atomic E-state index is 12.9. The minimum Gasteiger partial charge on any atom is -0.493 e. The van der Waals surface area contributed by atoms with Gasteiger partial charge in [-0.15, -0.1) is 10.2 Å². The molecule has 0 aliphatic heterocycles. The lowest BCUT2D eigenvalue weighted by Gasteiger charge is -2.12. The van der Waals surface area contributed by atoms with Gasteiger partial charge in [-0.3, -0.25) is 4.79 Å². The Kier molecular flexibility index (Phi) is 6.55. The molecule has 0 spiro atoms. The summed E-state index contributed by atoms with van der Waals surface area (Å²) in [7, 11) is 4.53. The SMILES string of the molecule is COc1cc(-c2nnc(SCC(=O)Nc3ccc(F)cc3)o2)cc(OC)c1OC. The average molecular weight is 419 g/mol. The molecule has 3 aromatic rings. The highest BCUT2D eigenvalue weighted by molar-refractivity contribution is 7.99. The molecule has 0 unspecified atom stereocenters. The van der Waals surface area contributed by atoms with Crippen LogP contribution in [0.25, 0.3) is 11.5 Å². The van der Waals surface area contributed by atoms with Gasteiger partial charge in [0.05, 0.1) is 27.1 Å². The van der Waals surface area contributed by atoms with E-state index in [0.717, 1.165) is 11.8 Å². The lowest BCUT2D eigenvalue weighted by molar-refractivity contribution is -0.113. The molecule has 152 valence electrons. The Morgan fingerprint density at radius 2 is 1.72 bits per heavy atom. The van der Waals surface area contributed by atoms with Crippen LogP contribution in [0, 0.1) is 5.82 Å². The van der Waals surface area contributed by atoms with Gasteiger partial charge in [0.25, 0.3) is 5.22 Å². The quantitative estimate of drug-likeness (QED) is 0.553. The number of halogens is 1. The Hall–Kier alpha value is -3.27. The van der Waals surface area contributed by atoms with Gasteiger partial charge in [0.15, 0.2) is 11.5 Å². The Morgan fingerprint density at radius 3 is 2.31 bits per heavy atom. The number of benzene rings is 2. The molecule has 0 atom stereocenters. The zero-order chi connectivity index (χ0) is 20.8. The van der Waals surface area contributed by atoms with Crippen molar-refractivity contribution in [2.75, 3.05) is 32.4 Å². The molecule has 0 saturated carbocycles. The summed E-state index contributed by atoms with van der Waals surface area (Å²) in [4.78, 5) is 12.0. The van der Waals surface area contributed by atoms with Gasteiger partial charge in [0.1, 0.15) is 5.82 Å². The second kappa shape index (κ2) is 9.28. The van der Waals surface area contributed by atoms with Gasteiger partial charge in [-0.05, 0) is 36.4 Å². The zero-order valence-corrected chi connectivity index (χ0v) is 16.7. The summed E-state index contributed by atoms with van der Waals surface area (Å²) in [6.07, 6.45) is 0. The number of rotatable bonds is 8. The van der Waals surface area contributed by atoms with Crippen LogP contribution in [-0.2, 0) is 4.79 Å². The van der Waals surface area contributed by atoms with E-state index in [1.165, 1.54) is 45.6 Å². The van der Waals surface area contributed by atoms with E-state index in [0.29, 0.717) is 28.5 Å². The first-order chi connectivity index (χ1) is 14.0. The normalized spacial score (nSPS) is 10.5. The van der Waals surface area contributed by atoms with Gasteiger partial charge in [-0.1, -0.05) is 11.8 Å². The minimum atomic E-state index is -0.373. The van der Waals surface area contributed by atoms with Crippen molar-refractivity contribution in [3.8, 4) is 28.7 Å². The molecule has 1 heterocycles. The summed E-state index contributed by atoms with van der Waals surface area (Å²) < 4.78 is 34.4. The lowest BCUT2D eigenvalue weighted by atomic mass is 10.2. The van der Waals surface area contributed by atoms with Crippen molar-refractivity contribution in [2.24, 2.45) is 0 Å². The number of hydrogen-bond donors (Lipinski definition) is 1. The van der Waals surface area contributed by atoms with Crippen LogP contribution >= 0.6 is 11.8 Å². The third-order valence-electron chi connectivity index (χ3n) is 3.77. The topological polar surface area (TPSA) is 95.7 Å². The number of ether oxygens (including phenoxy) is 3. The molecule has 1 N–H and O–H groups in total. The van der Waals surface area contributed by atoms with Gasteiger partial charge in [-0.25, -0.2) is 4.39 Å². The first kappa shape index (κ1) is 20.5. The van der Waals surface area contributed by atoms with E-state index in [2.05, 4.69) is 15.5 Å². The molecular weight excluding hydrogens is 401 g/mol. The number of nitrogens with zero attached hydrogens (tertiary/aromatic N) is 2. The Bertz CT molecular complexity index is 969. The van der Waals surface area contributed by atoms with Crippen molar-refractivity contribution >= 4 is 23.4 Å². The van der Waals surface area contributed by atoms with Crippen LogP contribution in [-0.4, -0.2) is 43.2 Å². The molecule has 8 nitrogen and oxygen atoms in total. The molecule has 0 fully saturated rings. The number of hydrogen-bond acceptors (Lipinski definition) is 8. The van der Waals surface area contributed by atoms with E-state index in [4.69, 9.17) is 18.6 Å². The maximum atomic E-state index is 12.9. The van der Waals surface area contributed by atoms with Crippen molar-refractivity contribution in [3.63, 3.8) is 0 Å². The molecule has 0 saturated heterocycles. The van der Waals surface area contributed by atoms with E-state index in [1.54, 1.807) is 12.1 Å². The van der Waals surface area contributed by atoms with Crippen LogP contribution in [0.4, 0.5) is 10.1 Å². The van der Waals surface area contributed by atoms with E-state index in [-0.39, 0.29) is 28.6 Å². The molecule has 1 amide bonds. The molecule has 29 heavy (non-hydrogen) atoms. The standard InChI is InChI=1S/C19H18FN3O5S/c1-25-14-8-11(9-15(26-2)17(14)27-3)18-22-23-19(28-18)29-10-16(24)21-13-6-4-12(20)5-7-13/h4-9H,10H2,1-3H3,(H,21,24). The van der Waals surface area contributed by atoms with Crippen LogP contribution in [0.1, 0.15) is 0 Å². The molecule has 3 rings (SSSR count). The Balaban J connectivity index is 1.67. The third-order valence-corrected chi connectivity index (χ3v) is 4.59. The predicted molar refractivity (Wildman–Crippen MR) is 105 cm³/mol. The number of aromatic nitrogens is 2. The van der Waals surface area contributed by atoms with Crippen LogP contribution in [0.15, 0.2) is 46.0 Å². The Morgan fingerprint density at radius 1 is 1.07 bits per heavy atom. The van der Waals surface area contributed by atoms with Gasteiger partial charge in [-0.2, -0.15) is 0 Å². The zero-order valence-electron chi connectivity index (χ0n) is 15.9. The second-order valence-electron chi connectivity index (χ2n) is 5.63. The van der Waals surface area contributed by atoms with Crippen molar-refractivity contribution in [1.29, 1.82) is 0 Å². The van der Waals surface area contributed by atoms with Gasteiger partial charge in [0, 0.05) is 11.3 Å². The molecule has 1 aromatic heterocycles. The van der Waals surface area contributed by atoms with Crippen molar-refractivity contribution in [1.82, 2.24) is 10.2 Å². The van der Waals surface area contributed by atoms with Gasteiger partial charge < -0.3 is 23.9 Å². The summed E-state index contributed by atoms with van der Waals surface area (Å²) in [6, 6.07) is 8.87. The largest absolute Gasteiger partial charge is 0.493 e. The number of nitrogens with one attached hydrogen (secondary N) is 1. The highest BCUT2D eigenvalue weighted by Gasteiger charge is 2.18. The van der Waals surface area contributed by atoms with Crippen LogP contribution in [0.3, 0.4) is 0 Å². The monoisotopic (exact) mass is 419 g/mol. The number of anilines is 1. The first-order valence-corrected chi connectivity index (χ1v) is 9.34. The molecule has 0 aliphatic carbocycles. The summed E-state index contributed by atoms with van der Waals surface area (Å²) in [5, 5.41) is 10.8. The highest BCUT2D eigenvalue weighted by atomic mass is 32.2. The molecule has 0 bridgehead atoms. The number of methoxy groups -OCH3 is 3. The number of carbonyl (C=O) groups is 1. The second-order valence-corrected chi connectivity index (χ2v) is 6.56. The fraction of sp³-hybridized carbons (Fsp3) is 0.211. The third kappa shape index (κ3) is 4.96. The number of amides is 1. The van der Waals surface area contributed by atoms with Crippen molar-refractivity contribution in [2.45, 2.75) is 5.22 Å². The van der Waals surface area contributed by atoms with Crippen LogP contribution < -0.4 is 19.5 Å². The van der Waals surface area contributed by atoms with E-state index in [9.17, 15) is 9.18 Å².